The van der Waals surface area contributed by atoms with Crippen LogP contribution in [-0.2, 0) is 11.2 Å². The SMILES string of the molecule is CC(=O)N1CCc2cccc(NC(=O)c3ccc(Br)cc3)c21. The zero-order chi connectivity index (χ0) is 15.7. The zero-order valence-corrected chi connectivity index (χ0v) is 13.7. The van der Waals surface area contributed by atoms with Crippen LogP contribution in [0.3, 0.4) is 0 Å². The van der Waals surface area contributed by atoms with Crippen LogP contribution in [0.25, 0.3) is 0 Å². The Morgan fingerprint density at radius 3 is 2.55 bits per heavy atom. The Morgan fingerprint density at radius 2 is 1.86 bits per heavy atom. The number of nitrogens with zero attached hydrogens (tertiary/aromatic N) is 1. The Bertz CT molecular complexity index is 741. The van der Waals surface area contributed by atoms with Crippen molar-refractivity contribution in [3.63, 3.8) is 0 Å². The van der Waals surface area contributed by atoms with Gasteiger partial charge in [0.05, 0.1) is 11.4 Å². The highest BCUT2D eigenvalue weighted by atomic mass is 79.9. The van der Waals surface area contributed by atoms with Crippen LogP contribution < -0.4 is 10.2 Å². The molecule has 0 bridgehead atoms. The van der Waals surface area contributed by atoms with Crippen LogP contribution in [0.5, 0.6) is 0 Å². The van der Waals surface area contributed by atoms with Gasteiger partial charge in [0.25, 0.3) is 5.91 Å². The molecule has 0 radical (unpaired) electrons. The van der Waals surface area contributed by atoms with Gasteiger partial charge in [0.1, 0.15) is 0 Å². The van der Waals surface area contributed by atoms with E-state index in [1.165, 1.54) is 0 Å². The van der Waals surface area contributed by atoms with Gasteiger partial charge in [0, 0.05) is 23.5 Å². The lowest BCUT2D eigenvalue weighted by molar-refractivity contribution is -0.116. The van der Waals surface area contributed by atoms with E-state index in [0.29, 0.717) is 17.8 Å². The molecule has 1 heterocycles. The summed E-state index contributed by atoms with van der Waals surface area (Å²) in [6.07, 6.45) is 0.816. The van der Waals surface area contributed by atoms with Crippen LogP contribution in [-0.4, -0.2) is 18.4 Å². The van der Waals surface area contributed by atoms with Gasteiger partial charge in [-0.3, -0.25) is 9.59 Å². The highest BCUT2D eigenvalue weighted by Crippen LogP contribution is 2.35. The van der Waals surface area contributed by atoms with E-state index in [4.69, 9.17) is 0 Å². The van der Waals surface area contributed by atoms with E-state index in [9.17, 15) is 9.59 Å². The van der Waals surface area contributed by atoms with Crippen molar-refractivity contribution in [3.8, 4) is 0 Å². The molecule has 1 aliphatic heterocycles. The van der Waals surface area contributed by atoms with Gasteiger partial charge in [-0.1, -0.05) is 28.1 Å². The first-order valence-electron chi connectivity index (χ1n) is 7.03. The molecule has 0 atom stereocenters. The molecule has 1 aliphatic rings. The fraction of sp³-hybridized carbons (Fsp3) is 0.176. The minimum atomic E-state index is -0.184. The minimum Gasteiger partial charge on any atom is -0.320 e. The largest absolute Gasteiger partial charge is 0.320 e. The van der Waals surface area contributed by atoms with Crippen LogP contribution in [0.2, 0.25) is 0 Å². The maximum absolute atomic E-state index is 12.4. The zero-order valence-electron chi connectivity index (χ0n) is 12.1. The lowest BCUT2D eigenvalue weighted by atomic mass is 10.1. The summed E-state index contributed by atoms with van der Waals surface area (Å²) in [5.74, 6) is -0.194. The molecule has 0 aromatic heterocycles. The highest BCUT2D eigenvalue weighted by Gasteiger charge is 2.25. The van der Waals surface area contributed by atoms with Crippen LogP contribution >= 0.6 is 15.9 Å². The van der Waals surface area contributed by atoms with Crippen molar-refractivity contribution < 1.29 is 9.59 Å². The molecular formula is C17H15BrN2O2. The molecule has 2 aromatic rings. The number of nitrogens with one attached hydrogen (secondary N) is 1. The molecular weight excluding hydrogens is 344 g/mol. The average Bonchev–Trinajstić information content (AvgIpc) is 2.93. The molecule has 0 spiro atoms. The van der Waals surface area contributed by atoms with Crippen LogP contribution in [0.15, 0.2) is 46.9 Å². The number of halogens is 1. The number of carbonyl (C=O) groups excluding carboxylic acids is 2. The second kappa shape index (κ2) is 5.93. The molecule has 0 aliphatic carbocycles. The van der Waals surface area contributed by atoms with E-state index in [0.717, 1.165) is 22.1 Å². The normalized spacial score (nSPS) is 12.9. The van der Waals surface area contributed by atoms with Crippen molar-refractivity contribution in [2.24, 2.45) is 0 Å². The maximum Gasteiger partial charge on any atom is 0.255 e. The Morgan fingerprint density at radius 1 is 1.14 bits per heavy atom. The van der Waals surface area contributed by atoms with Gasteiger partial charge in [-0.25, -0.2) is 0 Å². The Hall–Kier alpha value is -2.14. The van der Waals surface area contributed by atoms with Crippen LogP contribution in [0, 0.1) is 0 Å². The van der Waals surface area contributed by atoms with Crippen molar-refractivity contribution in [1.82, 2.24) is 0 Å². The lowest BCUT2D eigenvalue weighted by Crippen LogP contribution is -2.27. The molecule has 5 heteroatoms. The number of benzene rings is 2. The lowest BCUT2D eigenvalue weighted by Gasteiger charge is -2.19. The third-order valence-corrected chi connectivity index (χ3v) is 4.26. The summed E-state index contributed by atoms with van der Waals surface area (Å²) in [5.41, 5.74) is 3.16. The monoisotopic (exact) mass is 358 g/mol. The number of fused-ring (bicyclic) bond motifs is 1. The maximum atomic E-state index is 12.4. The summed E-state index contributed by atoms with van der Waals surface area (Å²) in [7, 11) is 0. The van der Waals surface area contributed by atoms with E-state index in [2.05, 4.69) is 21.2 Å². The number of para-hydroxylation sites is 1. The summed E-state index contributed by atoms with van der Waals surface area (Å²) in [4.78, 5) is 25.8. The van der Waals surface area contributed by atoms with Crippen molar-refractivity contribution in [1.29, 1.82) is 0 Å². The van der Waals surface area contributed by atoms with E-state index in [-0.39, 0.29) is 11.8 Å². The first-order chi connectivity index (χ1) is 10.6. The fourth-order valence-corrected chi connectivity index (χ4v) is 2.93. The van der Waals surface area contributed by atoms with Crippen LogP contribution in [0.4, 0.5) is 11.4 Å². The smallest absolute Gasteiger partial charge is 0.255 e. The van der Waals surface area contributed by atoms with Gasteiger partial charge in [-0.05, 0) is 42.3 Å². The van der Waals surface area contributed by atoms with Crippen molar-refractivity contribution in [2.45, 2.75) is 13.3 Å². The average molecular weight is 359 g/mol. The van der Waals surface area contributed by atoms with Crippen molar-refractivity contribution in [3.05, 3.63) is 58.1 Å². The number of hydrogen-bond donors (Lipinski definition) is 1. The quantitative estimate of drug-likeness (QED) is 0.891. The van der Waals surface area contributed by atoms with Gasteiger partial charge < -0.3 is 10.2 Å². The highest BCUT2D eigenvalue weighted by molar-refractivity contribution is 9.10. The Labute approximate surface area is 137 Å². The molecule has 0 saturated heterocycles. The Kier molecular flexibility index (Phi) is 3.98. The first kappa shape index (κ1) is 14.8. The second-order valence-electron chi connectivity index (χ2n) is 5.19. The number of hydrogen-bond acceptors (Lipinski definition) is 2. The third kappa shape index (κ3) is 2.76. The van der Waals surface area contributed by atoms with Gasteiger partial charge in [-0.15, -0.1) is 0 Å². The number of amides is 2. The topological polar surface area (TPSA) is 49.4 Å². The minimum absolute atomic E-state index is 0.0101. The summed E-state index contributed by atoms with van der Waals surface area (Å²) in [6.45, 7) is 2.21. The van der Waals surface area contributed by atoms with Gasteiger partial charge >= 0.3 is 0 Å². The third-order valence-electron chi connectivity index (χ3n) is 3.73. The molecule has 112 valence electrons. The fourth-order valence-electron chi connectivity index (χ4n) is 2.67. The van der Waals surface area contributed by atoms with Crippen molar-refractivity contribution in [2.75, 3.05) is 16.8 Å². The standard InChI is InChI=1S/C17H15BrN2O2/c1-11(21)20-10-9-12-3-2-4-15(16(12)20)19-17(22)13-5-7-14(18)8-6-13/h2-8H,9-10H2,1H3,(H,19,22). The molecule has 2 aromatic carbocycles. The molecule has 3 rings (SSSR count). The summed E-state index contributed by atoms with van der Waals surface area (Å²) < 4.78 is 0.924. The second-order valence-corrected chi connectivity index (χ2v) is 6.11. The summed E-state index contributed by atoms with van der Waals surface area (Å²) >= 11 is 3.35. The van der Waals surface area contributed by atoms with Crippen LogP contribution in [0.1, 0.15) is 22.8 Å². The van der Waals surface area contributed by atoms with Crippen molar-refractivity contribution >= 4 is 39.1 Å². The van der Waals surface area contributed by atoms with E-state index >= 15 is 0 Å². The Balaban J connectivity index is 1.90. The molecule has 22 heavy (non-hydrogen) atoms. The molecule has 2 amide bonds. The molecule has 1 N–H and O–H groups in total. The molecule has 0 saturated carbocycles. The number of carbonyl (C=O) groups is 2. The predicted molar refractivity (Wildman–Crippen MR) is 90.3 cm³/mol. The molecule has 0 unspecified atom stereocenters. The van der Waals surface area contributed by atoms with Gasteiger partial charge in [0.15, 0.2) is 0 Å². The van der Waals surface area contributed by atoms with Gasteiger partial charge in [0.2, 0.25) is 5.91 Å². The van der Waals surface area contributed by atoms with E-state index < -0.39 is 0 Å². The first-order valence-corrected chi connectivity index (χ1v) is 7.82. The summed E-state index contributed by atoms with van der Waals surface area (Å²) in [6, 6.07) is 12.9. The molecule has 0 fully saturated rings. The number of rotatable bonds is 2. The predicted octanol–water partition coefficient (Wildman–Crippen LogP) is 3.61. The van der Waals surface area contributed by atoms with Gasteiger partial charge in [-0.2, -0.15) is 0 Å². The summed E-state index contributed by atoms with van der Waals surface area (Å²) in [5, 5.41) is 2.91. The van der Waals surface area contributed by atoms with E-state index in [1.54, 1.807) is 24.0 Å². The van der Waals surface area contributed by atoms with E-state index in [1.807, 2.05) is 30.3 Å². The molecule has 4 nitrogen and oxygen atoms in total. The number of anilines is 2.